The molecule has 33 heavy (non-hydrogen) atoms. The average Bonchev–Trinajstić information content (AvgIpc) is 3.16. The Bertz CT molecular complexity index is 1250. The number of fused-ring (bicyclic) bond motifs is 3. The molecule has 0 aliphatic carbocycles. The molecule has 2 aliphatic heterocycles. The Morgan fingerprint density at radius 3 is 2.76 bits per heavy atom. The van der Waals surface area contributed by atoms with Gasteiger partial charge >= 0.3 is 0 Å². The number of ether oxygens (including phenoxy) is 3. The number of aryl methyl sites for hydroxylation is 1. The van der Waals surface area contributed by atoms with Gasteiger partial charge in [0.25, 0.3) is 0 Å². The minimum absolute atomic E-state index is 0.128. The molecule has 0 unspecified atom stereocenters. The summed E-state index contributed by atoms with van der Waals surface area (Å²) in [4.78, 5) is 15.3. The van der Waals surface area contributed by atoms with Crippen LogP contribution >= 0.6 is 0 Å². The van der Waals surface area contributed by atoms with Gasteiger partial charge in [-0.1, -0.05) is 24.3 Å². The summed E-state index contributed by atoms with van der Waals surface area (Å²) in [6.07, 6.45) is 2.51. The van der Waals surface area contributed by atoms with Crippen molar-refractivity contribution in [1.29, 1.82) is 0 Å². The number of Topliss-reactive ketones (excluding diaryl/α,β-unsaturated/α-hetero) is 1. The number of hydrogen-bond donors (Lipinski definition) is 0. The molecule has 0 fully saturated rings. The Balaban J connectivity index is 1.39. The van der Waals surface area contributed by atoms with Crippen LogP contribution in [0.5, 0.6) is 17.2 Å². The molecule has 0 bridgehead atoms. The first kappa shape index (κ1) is 21.2. The van der Waals surface area contributed by atoms with Crippen LogP contribution in [0.4, 0.5) is 4.39 Å². The van der Waals surface area contributed by atoms with Crippen molar-refractivity contribution in [2.75, 3.05) is 20.4 Å². The van der Waals surface area contributed by atoms with Gasteiger partial charge in [0.05, 0.1) is 18.2 Å². The molecular weight excluding hydrogens is 421 g/mol. The van der Waals surface area contributed by atoms with E-state index in [1.807, 2.05) is 37.3 Å². The monoisotopic (exact) mass is 445 g/mol. The first-order valence-electron chi connectivity index (χ1n) is 10.9. The molecule has 3 aromatic carbocycles. The lowest BCUT2D eigenvalue weighted by molar-refractivity contribution is 0.0949. The molecule has 2 aliphatic rings. The molecule has 168 valence electrons. The maximum atomic E-state index is 13.2. The molecule has 0 aromatic heterocycles. The highest BCUT2D eigenvalue weighted by Crippen LogP contribution is 2.44. The van der Waals surface area contributed by atoms with Gasteiger partial charge in [0.2, 0.25) is 5.78 Å². The third kappa shape index (κ3) is 4.22. The van der Waals surface area contributed by atoms with E-state index in [9.17, 15) is 9.18 Å². The Kier molecular flexibility index (Phi) is 5.60. The van der Waals surface area contributed by atoms with Gasteiger partial charge in [0, 0.05) is 13.1 Å². The maximum absolute atomic E-state index is 13.2. The van der Waals surface area contributed by atoms with Crippen molar-refractivity contribution >= 4 is 11.9 Å². The van der Waals surface area contributed by atoms with Crippen molar-refractivity contribution in [3.63, 3.8) is 0 Å². The fourth-order valence-corrected chi connectivity index (χ4v) is 4.24. The van der Waals surface area contributed by atoms with Crippen LogP contribution in [-0.2, 0) is 13.0 Å². The van der Waals surface area contributed by atoms with E-state index in [4.69, 9.17) is 14.2 Å². The van der Waals surface area contributed by atoms with Gasteiger partial charge in [-0.3, -0.25) is 9.69 Å². The minimum Gasteiger partial charge on any atom is -0.497 e. The quantitative estimate of drug-likeness (QED) is 0.508. The predicted molar refractivity (Wildman–Crippen MR) is 123 cm³/mol. The number of methoxy groups -OCH3 is 1. The molecule has 0 atom stereocenters. The van der Waals surface area contributed by atoms with E-state index < -0.39 is 0 Å². The van der Waals surface area contributed by atoms with Crippen LogP contribution < -0.4 is 14.2 Å². The third-order valence-corrected chi connectivity index (χ3v) is 6.01. The zero-order chi connectivity index (χ0) is 22.9. The fraction of sp³-hybridized carbons (Fsp3) is 0.222. The molecule has 0 spiro atoms. The lowest BCUT2D eigenvalue weighted by Gasteiger charge is -2.30. The van der Waals surface area contributed by atoms with Crippen molar-refractivity contribution in [3.05, 3.63) is 94.0 Å². The van der Waals surface area contributed by atoms with Crippen molar-refractivity contribution < 1.29 is 23.4 Å². The van der Waals surface area contributed by atoms with Gasteiger partial charge in [0.1, 0.15) is 29.8 Å². The van der Waals surface area contributed by atoms with Crippen LogP contribution in [0, 0.1) is 12.7 Å². The SMILES string of the molecule is COc1cccc(/C=C2/Oc3c4c(cc(C)c3C2=O)OCN(CCc2ccc(F)cc2)C4)c1. The summed E-state index contributed by atoms with van der Waals surface area (Å²) in [6.45, 7) is 3.71. The molecule has 6 heteroatoms. The van der Waals surface area contributed by atoms with E-state index in [1.54, 1.807) is 25.3 Å². The summed E-state index contributed by atoms with van der Waals surface area (Å²) in [7, 11) is 1.61. The molecule has 0 amide bonds. The van der Waals surface area contributed by atoms with Gasteiger partial charge in [-0.15, -0.1) is 0 Å². The van der Waals surface area contributed by atoms with E-state index in [0.717, 1.165) is 41.0 Å². The second kappa shape index (κ2) is 8.71. The molecule has 0 N–H and O–H groups in total. The Morgan fingerprint density at radius 1 is 1.15 bits per heavy atom. The molecule has 2 heterocycles. The number of carbonyl (C=O) groups is 1. The first-order valence-corrected chi connectivity index (χ1v) is 10.9. The normalized spacial score (nSPS) is 16.2. The lowest BCUT2D eigenvalue weighted by Crippen LogP contribution is -2.33. The van der Waals surface area contributed by atoms with Crippen molar-refractivity contribution in [3.8, 4) is 17.2 Å². The molecule has 0 saturated carbocycles. The van der Waals surface area contributed by atoms with E-state index in [2.05, 4.69) is 4.90 Å². The van der Waals surface area contributed by atoms with E-state index in [-0.39, 0.29) is 17.4 Å². The topological polar surface area (TPSA) is 48.0 Å². The zero-order valence-corrected chi connectivity index (χ0v) is 18.6. The smallest absolute Gasteiger partial charge is 0.232 e. The summed E-state index contributed by atoms with van der Waals surface area (Å²) in [5, 5.41) is 0. The lowest BCUT2D eigenvalue weighted by atomic mass is 9.98. The number of halogens is 1. The highest BCUT2D eigenvalue weighted by molar-refractivity contribution is 6.15. The van der Waals surface area contributed by atoms with Crippen LogP contribution in [0.25, 0.3) is 6.08 Å². The molecule has 0 radical (unpaired) electrons. The Hall–Kier alpha value is -3.64. The fourth-order valence-electron chi connectivity index (χ4n) is 4.24. The van der Waals surface area contributed by atoms with E-state index in [0.29, 0.717) is 30.3 Å². The Labute approximate surface area is 192 Å². The summed E-state index contributed by atoms with van der Waals surface area (Å²) in [5.74, 6) is 1.97. The van der Waals surface area contributed by atoms with E-state index in [1.165, 1.54) is 12.1 Å². The number of carbonyl (C=O) groups excluding carboxylic acids is 1. The van der Waals surface area contributed by atoms with Gasteiger partial charge in [-0.25, -0.2) is 4.39 Å². The van der Waals surface area contributed by atoms with Crippen LogP contribution in [-0.4, -0.2) is 31.1 Å². The van der Waals surface area contributed by atoms with Gasteiger partial charge in [0.15, 0.2) is 5.76 Å². The number of nitrogens with zero attached hydrogens (tertiary/aromatic N) is 1. The molecule has 3 aromatic rings. The van der Waals surface area contributed by atoms with Crippen LogP contribution in [0.15, 0.2) is 60.4 Å². The van der Waals surface area contributed by atoms with Crippen LogP contribution in [0.1, 0.15) is 32.6 Å². The first-order chi connectivity index (χ1) is 16.0. The standard InChI is InChI=1S/C27H24FNO4/c1-17-12-23-22(15-29(16-32-23)11-10-18-6-8-20(28)9-7-18)27-25(17)26(30)24(33-27)14-19-4-3-5-21(13-19)31-2/h3-9,12-14H,10-11,15-16H2,1-2H3/b24-14+. The van der Waals surface area contributed by atoms with E-state index >= 15 is 0 Å². The molecule has 5 nitrogen and oxygen atoms in total. The minimum atomic E-state index is -0.237. The van der Waals surface area contributed by atoms with Crippen LogP contribution in [0.3, 0.4) is 0 Å². The van der Waals surface area contributed by atoms with Crippen molar-refractivity contribution in [2.45, 2.75) is 19.9 Å². The molecule has 5 rings (SSSR count). The van der Waals surface area contributed by atoms with Gasteiger partial charge < -0.3 is 14.2 Å². The summed E-state index contributed by atoms with van der Waals surface area (Å²) >= 11 is 0. The number of benzene rings is 3. The van der Waals surface area contributed by atoms with Crippen LogP contribution in [0.2, 0.25) is 0 Å². The number of hydrogen-bond acceptors (Lipinski definition) is 5. The zero-order valence-electron chi connectivity index (χ0n) is 18.6. The average molecular weight is 445 g/mol. The highest BCUT2D eigenvalue weighted by Gasteiger charge is 2.35. The Morgan fingerprint density at radius 2 is 1.97 bits per heavy atom. The van der Waals surface area contributed by atoms with Gasteiger partial charge in [-0.2, -0.15) is 0 Å². The summed E-state index contributed by atoms with van der Waals surface area (Å²) in [5.41, 5.74) is 4.19. The molecular formula is C27H24FNO4. The number of allylic oxidation sites excluding steroid dienone is 1. The number of rotatable bonds is 5. The summed E-state index contributed by atoms with van der Waals surface area (Å²) < 4.78 is 30.6. The second-order valence-corrected chi connectivity index (χ2v) is 8.29. The van der Waals surface area contributed by atoms with Crippen molar-refractivity contribution in [1.82, 2.24) is 4.90 Å². The van der Waals surface area contributed by atoms with Gasteiger partial charge in [-0.05, 0) is 66.4 Å². The maximum Gasteiger partial charge on any atom is 0.232 e. The third-order valence-electron chi connectivity index (χ3n) is 6.01. The number of ketones is 1. The second-order valence-electron chi connectivity index (χ2n) is 8.29. The summed E-state index contributed by atoms with van der Waals surface area (Å²) in [6, 6.07) is 15.9. The predicted octanol–water partition coefficient (Wildman–Crippen LogP) is 5.15. The highest BCUT2D eigenvalue weighted by atomic mass is 19.1. The molecule has 0 saturated heterocycles. The van der Waals surface area contributed by atoms with Crippen molar-refractivity contribution in [2.24, 2.45) is 0 Å². The largest absolute Gasteiger partial charge is 0.497 e.